The quantitative estimate of drug-likeness (QED) is 0.891. The highest BCUT2D eigenvalue weighted by Gasteiger charge is 2.32. The Morgan fingerprint density at radius 1 is 1.30 bits per heavy atom. The predicted molar refractivity (Wildman–Crippen MR) is 77.6 cm³/mol. The lowest BCUT2D eigenvalue weighted by Gasteiger charge is -2.41. The summed E-state index contributed by atoms with van der Waals surface area (Å²) in [6.45, 7) is 5.11. The van der Waals surface area contributed by atoms with Crippen molar-refractivity contribution >= 4 is 0 Å². The van der Waals surface area contributed by atoms with Crippen molar-refractivity contribution in [3.8, 4) is 0 Å². The van der Waals surface area contributed by atoms with Crippen LogP contribution in [0.15, 0.2) is 18.2 Å². The highest BCUT2D eigenvalue weighted by molar-refractivity contribution is 5.23. The molecule has 0 bridgehead atoms. The number of benzene rings is 1. The van der Waals surface area contributed by atoms with Gasteiger partial charge < -0.3 is 5.32 Å². The van der Waals surface area contributed by atoms with Crippen molar-refractivity contribution in [2.45, 2.75) is 32.2 Å². The smallest absolute Gasteiger partial charge is 0.159 e. The molecule has 2 unspecified atom stereocenters. The third-order valence-electron chi connectivity index (χ3n) is 4.12. The Labute approximate surface area is 120 Å². The zero-order chi connectivity index (χ0) is 14.5. The van der Waals surface area contributed by atoms with Gasteiger partial charge in [-0.25, -0.2) is 8.78 Å². The van der Waals surface area contributed by atoms with Crippen LogP contribution >= 0.6 is 0 Å². The Morgan fingerprint density at radius 3 is 2.75 bits per heavy atom. The van der Waals surface area contributed by atoms with E-state index in [4.69, 9.17) is 0 Å². The lowest BCUT2D eigenvalue weighted by atomic mass is 9.84. The summed E-state index contributed by atoms with van der Waals surface area (Å²) in [4.78, 5) is 2.41. The van der Waals surface area contributed by atoms with Gasteiger partial charge in [0, 0.05) is 6.04 Å². The predicted octanol–water partition coefficient (Wildman–Crippen LogP) is 3.35. The number of halogens is 2. The first kappa shape index (κ1) is 15.4. The highest BCUT2D eigenvalue weighted by atomic mass is 19.2. The molecule has 4 heteroatoms. The summed E-state index contributed by atoms with van der Waals surface area (Å²) in [6, 6.07) is 4.54. The Bertz CT molecular complexity index is 418. The molecule has 2 rings (SSSR count). The van der Waals surface area contributed by atoms with Crippen molar-refractivity contribution in [1.82, 2.24) is 10.2 Å². The number of rotatable bonds is 5. The second kappa shape index (κ2) is 7.14. The Hall–Kier alpha value is -1.00. The van der Waals surface area contributed by atoms with Crippen LogP contribution in [0.25, 0.3) is 0 Å². The van der Waals surface area contributed by atoms with Gasteiger partial charge in [0.25, 0.3) is 0 Å². The molecule has 0 radical (unpaired) electrons. The first-order chi connectivity index (χ1) is 9.67. The molecule has 112 valence electrons. The molecular formula is C16H24F2N2. The molecule has 20 heavy (non-hydrogen) atoms. The summed E-state index contributed by atoms with van der Waals surface area (Å²) in [5, 5.41) is 3.23. The molecule has 1 aliphatic heterocycles. The minimum absolute atomic E-state index is 0.186. The summed E-state index contributed by atoms with van der Waals surface area (Å²) < 4.78 is 26.7. The number of nitrogens with one attached hydrogen (secondary N) is 1. The van der Waals surface area contributed by atoms with E-state index in [0.29, 0.717) is 5.92 Å². The van der Waals surface area contributed by atoms with Crippen LogP contribution in [0.5, 0.6) is 0 Å². The molecule has 0 amide bonds. The molecule has 1 heterocycles. The van der Waals surface area contributed by atoms with Gasteiger partial charge in [-0.2, -0.15) is 0 Å². The van der Waals surface area contributed by atoms with Gasteiger partial charge in [0.15, 0.2) is 11.6 Å². The average molecular weight is 282 g/mol. The van der Waals surface area contributed by atoms with Crippen LogP contribution < -0.4 is 5.32 Å². The van der Waals surface area contributed by atoms with Crippen LogP contribution in [-0.2, 0) is 0 Å². The molecule has 0 spiro atoms. The minimum Gasteiger partial charge on any atom is -0.319 e. The fraction of sp³-hybridized carbons (Fsp3) is 0.625. The fourth-order valence-corrected chi connectivity index (χ4v) is 3.34. The van der Waals surface area contributed by atoms with Gasteiger partial charge in [0.05, 0.1) is 0 Å². The summed E-state index contributed by atoms with van der Waals surface area (Å²) in [7, 11) is 1.95. The Kier molecular flexibility index (Phi) is 5.49. The monoisotopic (exact) mass is 282 g/mol. The summed E-state index contributed by atoms with van der Waals surface area (Å²) >= 11 is 0. The van der Waals surface area contributed by atoms with Gasteiger partial charge in [-0.3, -0.25) is 4.90 Å². The first-order valence-electron chi connectivity index (χ1n) is 7.51. The number of hydrogen-bond acceptors (Lipinski definition) is 2. The zero-order valence-corrected chi connectivity index (χ0v) is 12.3. The third kappa shape index (κ3) is 3.36. The maximum Gasteiger partial charge on any atom is 0.159 e. The molecule has 1 N–H and O–H groups in total. The lowest BCUT2D eigenvalue weighted by Crippen LogP contribution is -2.42. The maximum atomic E-state index is 13.6. The lowest BCUT2D eigenvalue weighted by molar-refractivity contribution is 0.0921. The van der Waals surface area contributed by atoms with E-state index in [1.165, 1.54) is 18.6 Å². The third-order valence-corrected chi connectivity index (χ3v) is 4.12. The molecule has 0 aliphatic carbocycles. The van der Waals surface area contributed by atoms with Crippen molar-refractivity contribution in [2.75, 3.05) is 26.7 Å². The Morgan fingerprint density at radius 2 is 2.10 bits per heavy atom. The van der Waals surface area contributed by atoms with E-state index in [-0.39, 0.29) is 6.04 Å². The van der Waals surface area contributed by atoms with Gasteiger partial charge in [0.1, 0.15) is 0 Å². The average Bonchev–Trinajstić information content (AvgIpc) is 2.43. The number of likely N-dealkylation sites (tertiary alicyclic amines) is 1. The van der Waals surface area contributed by atoms with Gasteiger partial charge >= 0.3 is 0 Å². The van der Waals surface area contributed by atoms with Gasteiger partial charge in [-0.1, -0.05) is 13.0 Å². The molecule has 0 saturated carbocycles. The normalized spacial score (nSPS) is 24.0. The van der Waals surface area contributed by atoms with E-state index in [9.17, 15) is 8.78 Å². The molecule has 2 atom stereocenters. The fourth-order valence-electron chi connectivity index (χ4n) is 3.34. The van der Waals surface area contributed by atoms with E-state index in [2.05, 4.69) is 17.1 Å². The summed E-state index contributed by atoms with van der Waals surface area (Å²) in [5.41, 5.74) is 0.900. The van der Waals surface area contributed by atoms with Crippen LogP contribution in [0, 0.1) is 17.6 Å². The molecule has 0 aromatic heterocycles. The van der Waals surface area contributed by atoms with Crippen molar-refractivity contribution in [1.29, 1.82) is 0 Å². The Balaban J connectivity index is 2.29. The maximum absolute atomic E-state index is 13.6. The van der Waals surface area contributed by atoms with Gasteiger partial charge in [-0.15, -0.1) is 0 Å². The summed E-state index contributed by atoms with van der Waals surface area (Å²) in [6.07, 6.45) is 3.38. The topological polar surface area (TPSA) is 15.3 Å². The van der Waals surface area contributed by atoms with Crippen molar-refractivity contribution in [3.05, 3.63) is 35.4 Å². The number of piperidine rings is 1. The van der Waals surface area contributed by atoms with Gasteiger partial charge in [-0.05, 0) is 69.6 Å². The summed E-state index contributed by atoms with van der Waals surface area (Å²) in [5.74, 6) is -1.06. The zero-order valence-electron chi connectivity index (χ0n) is 12.3. The first-order valence-corrected chi connectivity index (χ1v) is 7.51. The van der Waals surface area contributed by atoms with Crippen LogP contribution in [0.4, 0.5) is 8.78 Å². The van der Waals surface area contributed by atoms with Crippen LogP contribution in [0.1, 0.15) is 37.8 Å². The SMILES string of the molecule is CCCN1CCCC(CNC)C1c1ccc(F)c(F)c1. The number of nitrogens with zero attached hydrogens (tertiary/aromatic N) is 1. The standard InChI is InChI=1S/C16H24F2N2/c1-3-8-20-9-4-5-13(11-19-2)16(20)12-6-7-14(17)15(18)10-12/h6-7,10,13,16,19H,3-5,8-9,11H2,1-2H3. The van der Waals surface area contributed by atoms with E-state index < -0.39 is 11.6 Å². The molecule has 1 saturated heterocycles. The minimum atomic E-state index is -0.767. The highest BCUT2D eigenvalue weighted by Crippen LogP contribution is 2.36. The molecular weight excluding hydrogens is 258 g/mol. The molecule has 1 aliphatic rings. The van der Waals surface area contributed by atoms with Crippen molar-refractivity contribution in [3.63, 3.8) is 0 Å². The second-order valence-electron chi connectivity index (χ2n) is 5.61. The van der Waals surface area contributed by atoms with E-state index in [1.54, 1.807) is 6.07 Å². The van der Waals surface area contributed by atoms with Crippen molar-refractivity contribution in [2.24, 2.45) is 5.92 Å². The molecule has 2 nitrogen and oxygen atoms in total. The van der Waals surface area contributed by atoms with Crippen LogP contribution in [-0.4, -0.2) is 31.6 Å². The van der Waals surface area contributed by atoms with Crippen molar-refractivity contribution < 1.29 is 8.78 Å². The van der Waals surface area contributed by atoms with Gasteiger partial charge in [0.2, 0.25) is 0 Å². The van der Waals surface area contributed by atoms with E-state index in [0.717, 1.165) is 38.0 Å². The van der Waals surface area contributed by atoms with Crippen LogP contribution in [0.3, 0.4) is 0 Å². The van der Waals surface area contributed by atoms with E-state index in [1.807, 2.05) is 7.05 Å². The van der Waals surface area contributed by atoms with Crippen LogP contribution in [0.2, 0.25) is 0 Å². The molecule has 1 aromatic carbocycles. The largest absolute Gasteiger partial charge is 0.319 e. The molecule has 1 aromatic rings. The second-order valence-corrected chi connectivity index (χ2v) is 5.61. The number of hydrogen-bond donors (Lipinski definition) is 1. The van der Waals surface area contributed by atoms with E-state index >= 15 is 0 Å². The molecule has 1 fully saturated rings.